The van der Waals surface area contributed by atoms with Crippen LogP contribution >= 0.6 is 11.3 Å². The first-order chi connectivity index (χ1) is 26.2. The van der Waals surface area contributed by atoms with Gasteiger partial charge in [0.15, 0.2) is 22.8 Å². The number of fused-ring (bicyclic) bond motifs is 19. The number of hydrogen-bond acceptors (Lipinski definition) is 2. The van der Waals surface area contributed by atoms with Crippen molar-refractivity contribution in [2.75, 3.05) is 0 Å². The van der Waals surface area contributed by atoms with E-state index >= 15 is 0 Å². The SMILES string of the molecule is Cc1ccc2c(c1)C1(c3ccc4c(oc5ccccc54)c3-c3n(-c4ccc5sc6ccccc6c5c4)c4ccccc4[n+]31)[n+]1cc([Si](C)(C)C)c(C)cc1-2. The van der Waals surface area contributed by atoms with Crippen molar-refractivity contribution in [1.82, 2.24) is 4.57 Å². The fraction of sp³-hybridized carbons (Fsp3) is 0.125. The predicted octanol–water partition coefficient (Wildman–Crippen LogP) is 10.9. The minimum Gasteiger partial charge on any atom is -0.455 e. The number of furan rings is 1. The third-order valence-electron chi connectivity index (χ3n) is 12.2. The summed E-state index contributed by atoms with van der Waals surface area (Å²) in [6.45, 7) is 11.9. The predicted molar refractivity (Wildman–Crippen MR) is 225 cm³/mol. The smallest absolute Gasteiger partial charge is 0.364 e. The van der Waals surface area contributed by atoms with Crippen LogP contribution in [0.4, 0.5) is 0 Å². The van der Waals surface area contributed by atoms with Gasteiger partial charge in [-0.1, -0.05) is 79.8 Å². The lowest BCUT2D eigenvalue weighted by Crippen LogP contribution is -2.72. The second kappa shape index (κ2) is 10.2. The molecule has 2 aliphatic rings. The first-order valence-electron chi connectivity index (χ1n) is 18.8. The average Bonchev–Trinajstić information content (AvgIpc) is 3.95. The molecule has 2 aliphatic heterocycles. The van der Waals surface area contributed by atoms with E-state index in [1.807, 2.05) is 11.3 Å². The summed E-state index contributed by atoms with van der Waals surface area (Å²) in [7, 11) is -1.75. The van der Waals surface area contributed by atoms with E-state index in [1.165, 1.54) is 69.9 Å². The van der Waals surface area contributed by atoms with Gasteiger partial charge in [0.05, 0.1) is 24.8 Å². The highest BCUT2D eigenvalue weighted by atomic mass is 32.1. The van der Waals surface area contributed by atoms with Gasteiger partial charge < -0.3 is 4.42 Å². The van der Waals surface area contributed by atoms with Gasteiger partial charge in [0.2, 0.25) is 5.69 Å². The lowest BCUT2D eigenvalue weighted by molar-refractivity contribution is -0.944. The summed E-state index contributed by atoms with van der Waals surface area (Å²) in [5.41, 5.74) is 13.5. The normalized spacial score (nSPS) is 15.9. The minimum atomic E-state index is -1.75. The molecule has 1 spiro atoms. The summed E-state index contributed by atoms with van der Waals surface area (Å²) < 4.78 is 17.5. The summed E-state index contributed by atoms with van der Waals surface area (Å²) in [4.78, 5) is 0. The number of rotatable bonds is 2. The van der Waals surface area contributed by atoms with Gasteiger partial charge >= 0.3 is 11.5 Å². The second-order valence-corrected chi connectivity index (χ2v) is 22.4. The molecule has 0 aliphatic carbocycles. The van der Waals surface area contributed by atoms with E-state index in [2.05, 4.69) is 181 Å². The highest BCUT2D eigenvalue weighted by Gasteiger charge is 2.67. The zero-order valence-electron chi connectivity index (χ0n) is 30.9. The lowest BCUT2D eigenvalue weighted by atomic mass is 9.88. The van der Waals surface area contributed by atoms with Gasteiger partial charge in [-0.2, -0.15) is 4.57 Å². The zero-order chi connectivity index (χ0) is 36.2. The van der Waals surface area contributed by atoms with E-state index in [9.17, 15) is 0 Å². The van der Waals surface area contributed by atoms with Crippen LogP contribution in [0.25, 0.3) is 81.5 Å². The number of imidazole rings is 1. The van der Waals surface area contributed by atoms with E-state index in [-0.39, 0.29) is 0 Å². The van der Waals surface area contributed by atoms with Crippen LogP contribution in [0, 0.1) is 13.8 Å². The molecule has 4 nitrogen and oxygen atoms in total. The Kier molecular flexibility index (Phi) is 5.80. The molecule has 6 heterocycles. The summed E-state index contributed by atoms with van der Waals surface area (Å²) in [6, 6.07) is 47.6. The molecule has 0 saturated carbocycles. The fourth-order valence-electron chi connectivity index (χ4n) is 9.97. The van der Waals surface area contributed by atoms with Crippen molar-refractivity contribution >= 4 is 77.7 Å². The molecule has 6 heteroatoms. The van der Waals surface area contributed by atoms with Crippen molar-refractivity contribution in [3.05, 3.63) is 156 Å². The average molecular weight is 732 g/mol. The number of hydrogen-bond donors (Lipinski definition) is 0. The van der Waals surface area contributed by atoms with Crippen molar-refractivity contribution in [2.24, 2.45) is 0 Å². The highest BCUT2D eigenvalue weighted by Crippen LogP contribution is 2.52. The lowest BCUT2D eigenvalue weighted by Gasteiger charge is -2.23. The maximum absolute atomic E-state index is 7.03. The van der Waals surface area contributed by atoms with Crippen LogP contribution in [0.2, 0.25) is 19.6 Å². The van der Waals surface area contributed by atoms with Gasteiger partial charge in [0.25, 0.3) is 0 Å². The molecule has 0 radical (unpaired) electrons. The Morgan fingerprint density at radius 2 is 1.46 bits per heavy atom. The molecule has 12 rings (SSSR count). The van der Waals surface area contributed by atoms with Gasteiger partial charge in [-0.3, -0.25) is 0 Å². The molecular formula is C48H37N3OSSi+2. The van der Waals surface area contributed by atoms with Crippen LogP contribution in [0.15, 0.2) is 138 Å². The Morgan fingerprint density at radius 1 is 0.685 bits per heavy atom. The van der Waals surface area contributed by atoms with Crippen molar-refractivity contribution in [1.29, 1.82) is 0 Å². The molecule has 6 aromatic carbocycles. The van der Waals surface area contributed by atoms with E-state index in [0.717, 1.165) is 39.0 Å². The molecule has 1 unspecified atom stereocenters. The molecule has 54 heavy (non-hydrogen) atoms. The number of aromatic nitrogens is 3. The molecule has 1 atom stereocenters. The van der Waals surface area contributed by atoms with Crippen LogP contribution in [0.3, 0.4) is 0 Å². The van der Waals surface area contributed by atoms with Gasteiger partial charge in [-0.15, -0.1) is 20.5 Å². The largest absolute Gasteiger partial charge is 0.455 e. The monoisotopic (exact) mass is 731 g/mol. The quantitative estimate of drug-likeness (QED) is 0.128. The molecule has 0 N–H and O–H groups in total. The van der Waals surface area contributed by atoms with Crippen molar-refractivity contribution in [3.63, 3.8) is 0 Å². The van der Waals surface area contributed by atoms with E-state index < -0.39 is 13.7 Å². The van der Waals surface area contributed by atoms with Crippen LogP contribution < -0.4 is 14.3 Å². The molecular weight excluding hydrogens is 695 g/mol. The molecule has 258 valence electrons. The summed E-state index contributed by atoms with van der Waals surface area (Å²) in [5.74, 6) is 1.14. The maximum atomic E-state index is 7.03. The van der Waals surface area contributed by atoms with Gasteiger partial charge in [0, 0.05) is 42.2 Å². The van der Waals surface area contributed by atoms with Crippen molar-refractivity contribution in [3.8, 4) is 28.3 Å². The Hall–Kier alpha value is -5.82. The third kappa shape index (κ3) is 3.67. The summed E-state index contributed by atoms with van der Waals surface area (Å²) >= 11 is 1.87. The number of aryl methyl sites for hydroxylation is 2. The topological polar surface area (TPSA) is 25.8 Å². The number of para-hydroxylation sites is 3. The van der Waals surface area contributed by atoms with Crippen LogP contribution in [0.5, 0.6) is 0 Å². The number of benzene rings is 6. The van der Waals surface area contributed by atoms with Gasteiger partial charge in [0.1, 0.15) is 16.8 Å². The summed E-state index contributed by atoms with van der Waals surface area (Å²) in [5, 5.41) is 6.35. The molecule has 0 fully saturated rings. The third-order valence-corrected chi connectivity index (χ3v) is 15.4. The Labute approximate surface area is 317 Å². The molecule has 0 amide bonds. The van der Waals surface area contributed by atoms with Crippen molar-refractivity contribution in [2.45, 2.75) is 39.2 Å². The van der Waals surface area contributed by atoms with Crippen LogP contribution in [-0.4, -0.2) is 12.6 Å². The standard InChI is InChI=1S/C48H37N3OSSi/c1-28-18-20-34-37(24-28)48(49-27-44(54(3,4)5)29(2)25-40(34)49)36-22-21-33-31-12-6-10-16-41(31)52-46(33)45(36)47-50(38-14-8-9-15-39(38)51(47)48)30-19-23-43-35(26-30)32-13-7-11-17-42(32)53-43/h6-27H,1-5H3/q+2. The maximum Gasteiger partial charge on any atom is 0.364 e. The number of pyridine rings is 1. The molecule has 10 aromatic rings. The van der Waals surface area contributed by atoms with E-state index in [1.54, 1.807) is 0 Å². The van der Waals surface area contributed by atoms with Crippen LogP contribution in [-0.2, 0) is 5.66 Å². The Balaban J connectivity index is 1.32. The Bertz CT molecular complexity index is 3300. The van der Waals surface area contributed by atoms with Gasteiger partial charge in [-0.25, -0.2) is 0 Å². The fourth-order valence-corrected chi connectivity index (χ4v) is 12.8. The zero-order valence-corrected chi connectivity index (χ0v) is 32.7. The van der Waals surface area contributed by atoms with E-state index in [4.69, 9.17) is 4.42 Å². The molecule has 0 bridgehead atoms. The minimum absolute atomic E-state index is 0.694. The highest BCUT2D eigenvalue weighted by molar-refractivity contribution is 7.25. The summed E-state index contributed by atoms with van der Waals surface area (Å²) in [6.07, 6.45) is 2.52. The van der Waals surface area contributed by atoms with Crippen molar-refractivity contribution < 1.29 is 13.6 Å². The Morgan fingerprint density at radius 3 is 2.33 bits per heavy atom. The first kappa shape index (κ1) is 30.6. The molecule has 0 saturated heterocycles. The number of thiophene rings is 1. The number of nitrogens with zero attached hydrogens (tertiary/aromatic N) is 3. The second-order valence-electron chi connectivity index (χ2n) is 16.3. The van der Waals surface area contributed by atoms with Gasteiger partial charge in [-0.05, 0) is 86.1 Å². The van der Waals surface area contributed by atoms with E-state index in [0.29, 0.717) is 0 Å². The molecule has 4 aromatic heterocycles. The van der Waals surface area contributed by atoms with Crippen LogP contribution in [0.1, 0.15) is 22.3 Å². The first-order valence-corrected chi connectivity index (χ1v) is 23.2.